The standard InChI is InChI=1S/C10H15FN2S/c1-7-13-9(6-14-7)10(11)4-2-8(12)3-5-10/h6,8H,2-5,12H2,1H3. The molecule has 1 saturated carbocycles. The van der Waals surface area contributed by atoms with Crippen molar-refractivity contribution in [1.29, 1.82) is 0 Å². The van der Waals surface area contributed by atoms with Gasteiger partial charge in [0, 0.05) is 11.4 Å². The zero-order valence-electron chi connectivity index (χ0n) is 8.29. The number of hydrogen-bond acceptors (Lipinski definition) is 3. The maximum absolute atomic E-state index is 14.4. The van der Waals surface area contributed by atoms with Crippen LogP contribution in [0.2, 0.25) is 0 Å². The second-order valence-electron chi connectivity index (χ2n) is 4.05. The van der Waals surface area contributed by atoms with Crippen molar-refractivity contribution in [2.24, 2.45) is 5.73 Å². The lowest BCUT2D eigenvalue weighted by molar-refractivity contribution is 0.0936. The Hall–Kier alpha value is -0.480. The lowest BCUT2D eigenvalue weighted by atomic mass is 9.82. The molecule has 0 saturated heterocycles. The van der Waals surface area contributed by atoms with Crippen LogP contribution < -0.4 is 5.73 Å². The monoisotopic (exact) mass is 214 g/mol. The van der Waals surface area contributed by atoms with Crippen molar-refractivity contribution >= 4 is 11.3 Å². The Morgan fingerprint density at radius 1 is 1.57 bits per heavy atom. The van der Waals surface area contributed by atoms with Crippen LogP contribution in [-0.2, 0) is 5.67 Å². The van der Waals surface area contributed by atoms with E-state index in [1.54, 1.807) is 0 Å². The summed E-state index contributed by atoms with van der Waals surface area (Å²) in [5.74, 6) is 0. The summed E-state index contributed by atoms with van der Waals surface area (Å²) in [7, 11) is 0. The number of thiazole rings is 1. The van der Waals surface area contributed by atoms with Gasteiger partial charge in [-0.25, -0.2) is 9.37 Å². The van der Waals surface area contributed by atoms with Gasteiger partial charge in [-0.05, 0) is 32.6 Å². The Morgan fingerprint density at radius 2 is 2.21 bits per heavy atom. The molecule has 0 aliphatic heterocycles. The van der Waals surface area contributed by atoms with Crippen LogP contribution in [0.5, 0.6) is 0 Å². The average molecular weight is 214 g/mol. The molecule has 1 fully saturated rings. The molecule has 2 nitrogen and oxygen atoms in total. The van der Waals surface area contributed by atoms with Crippen LogP contribution in [0.1, 0.15) is 36.4 Å². The number of nitrogens with zero attached hydrogens (tertiary/aromatic N) is 1. The van der Waals surface area contributed by atoms with Gasteiger partial charge in [0.05, 0.1) is 10.7 Å². The van der Waals surface area contributed by atoms with Crippen LogP contribution in [0.3, 0.4) is 0 Å². The van der Waals surface area contributed by atoms with Crippen LogP contribution in [0.4, 0.5) is 4.39 Å². The summed E-state index contributed by atoms with van der Waals surface area (Å²) in [6, 6.07) is 0.179. The predicted octanol–water partition coefficient (Wildman–Crippen LogP) is 2.52. The number of hydrogen-bond donors (Lipinski definition) is 1. The third-order valence-corrected chi connectivity index (χ3v) is 3.67. The van der Waals surface area contributed by atoms with Crippen LogP contribution in [0.15, 0.2) is 5.38 Å². The highest BCUT2D eigenvalue weighted by Crippen LogP contribution is 2.40. The van der Waals surface area contributed by atoms with Crippen molar-refractivity contribution in [3.8, 4) is 0 Å². The average Bonchev–Trinajstić information content (AvgIpc) is 2.58. The highest BCUT2D eigenvalue weighted by atomic mass is 32.1. The molecule has 1 heterocycles. The molecule has 0 bridgehead atoms. The number of alkyl halides is 1. The quantitative estimate of drug-likeness (QED) is 0.780. The number of aryl methyl sites for hydroxylation is 1. The Kier molecular flexibility index (Phi) is 2.58. The molecule has 4 heteroatoms. The van der Waals surface area contributed by atoms with Gasteiger partial charge in [0.25, 0.3) is 0 Å². The molecule has 1 aromatic heterocycles. The smallest absolute Gasteiger partial charge is 0.153 e. The van der Waals surface area contributed by atoms with E-state index in [4.69, 9.17) is 5.73 Å². The fourth-order valence-corrected chi connectivity index (χ4v) is 2.62. The molecule has 2 rings (SSSR count). The third-order valence-electron chi connectivity index (χ3n) is 2.90. The van der Waals surface area contributed by atoms with Gasteiger partial charge < -0.3 is 5.73 Å². The molecular formula is C10H15FN2S. The molecule has 0 spiro atoms. The van der Waals surface area contributed by atoms with E-state index in [-0.39, 0.29) is 6.04 Å². The highest BCUT2D eigenvalue weighted by Gasteiger charge is 2.37. The summed E-state index contributed by atoms with van der Waals surface area (Å²) < 4.78 is 14.4. The molecule has 2 N–H and O–H groups in total. The molecule has 0 unspecified atom stereocenters. The second-order valence-corrected chi connectivity index (χ2v) is 5.12. The van der Waals surface area contributed by atoms with Gasteiger partial charge in [-0.3, -0.25) is 0 Å². The van der Waals surface area contributed by atoms with Gasteiger partial charge in [0.1, 0.15) is 0 Å². The zero-order valence-corrected chi connectivity index (χ0v) is 9.11. The van der Waals surface area contributed by atoms with Crippen molar-refractivity contribution in [2.45, 2.75) is 44.3 Å². The van der Waals surface area contributed by atoms with Gasteiger partial charge in [-0.15, -0.1) is 11.3 Å². The summed E-state index contributed by atoms with van der Waals surface area (Å²) in [4.78, 5) is 4.23. The lowest BCUT2D eigenvalue weighted by Gasteiger charge is -2.31. The molecule has 0 aromatic carbocycles. The molecule has 1 aliphatic rings. The van der Waals surface area contributed by atoms with Crippen LogP contribution >= 0.6 is 11.3 Å². The Balaban J connectivity index is 2.16. The first-order chi connectivity index (χ1) is 6.60. The SMILES string of the molecule is Cc1nc(C2(F)CCC(N)CC2)cs1. The first-order valence-corrected chi connectivity index (χ1v) is 5.85. The van der Waals surface area contributed by atoms with Crippen molar-refractivity contribution in [1.82, 2.24) is 4.98 Å². The van der Waals surface area contributed by atoms with E-state index in [1.807, 2.05) is 12.3 Å². The van der Waals surface area contributed by atoms with Gasteiger partial charge >= 0.3 is 0 Å². The van der Waals surface area contributed by atoms with Crippen molar-refractivity contribution < 1.29 is 4.39 Å². The molecule has 1 aliphatic carbocycles. The Labute approximate surface area is 87.3 Å². The number of nitrogens with two attached hydrogens (primary N) is 1. The zero-order chi connectivity index (χ0) is 10.2. The van der Waals surface area contributed by atoms with E-state index in [0.717, 1.165) is 17.8 Å². The Bertz CT molecular complexity index is 316. The number of aromatic nitrogens is 1. The summed E-state index contributed by atoms with van der Waals surface area (Å²) in [5, 5.41) is 2.78. The lowest BCUT2D eigenvalue weighted by Crippen LogP contribution is -2.34. The van der Waals surface area contributed by atoms with Crippen LogP contribution in [0.25, 0.3) is 0 Å². The second kappa shape index (κ2) is 3.59. The van der Waals surface area contributed by atoms with Crippen molar-refractivity contribution in [2.75, 3.05) is 0 Å². The van der Waals surface area contributed by atoms with Crippen LogP contribution in [-0.4, -0.2) is 11.0 Å². The highest BCUT2D eigenvalue weighted by molar-refractivity contribution is 7.09. The minimum absolute atomic E-state index is 0.179. The number of halogens is 1. The molecule has 0 amide bonds. The fourth-order valence-electron chi connectivity index (χ4n) is 1.92. The molecule has 0 radical (unpaired) electrons. The van der Waals surface area contributed by atoms with Gasteiger partial charge in [-0.2, -0.15) is 0 Å². The molecule has 14 heavy (non-hydrogen) atoms. The topological polar surface area (TPSA) is 38.9 Å². The fraction of sp³-hybridized carbons (Fsp3) is 0.700. The summed E-state index contributed by atoms with van der Waals surface area (Å²) in [6.45, 7) is 1.91. The van der Waals surface area contributed by atoms with Gasteiger partial charge in [-0.1, -0.05) is 0 Å². The maximum atomic E-state index is 14.4. The molecule has 78 valence electrons. The summed E-state index contributed by atoms with van der Waals surface area (Å²) >= 11 is 1.52. The van der Waals surface area contributed by atoms with Crippen molar-refractivity contribution in [3.63, 3.8) is 0 Å². The van der Waals surface area contributed by atoms with Gasteiger partial charge in [0.2, 0.25) is 0 Å². The Morgan fingerprint density at radius 3 is 2.71 bits per heavy atom. The predicted molar refractivity (Wildman–Crippen MR) is 56.1 cm³/mol. The van der Waals surface area contributed by atoms with E-state index in [2.05, 4.69) is 4.98 Å². The first kappa shape index (κ1) is 10.1. The minimum Gasteiger partial charge on any atom is -0.328 e. The van der Waals surface area contributed by atoms with Crippen LogP contribution in [0, 0.1) is 6.92 Å². The van der Waals surface area contributed by atoms with E-state index in [1.165, 1.54) is 11.3 Å². The largest absolute Gasteiger partial charge is 0.328 e. The maximum Gasteiger partial charge on any atom is 0.153 e. The summed E-state index contributed by atoms with van der Waals surface area (Å²) in [5.41, 5.74) is 5.16. The third kappa shape index (κ3) is 1.81. The molecule has 0 atom stereocenters. The summed E-state index contributed by atoms with van der Waals surface area (Å²) in [6.07, 6.45) is 2.59. The van der Waals surface area contributed by atoms with Gasteiger partial charge in [0.15, 0.2) is 5.67 Å². The van der Waals surface area contributed by atoms with E-state index in [0.29, 0.717) is 18.5 Å². The normalized spacial score (nSPS) is 33.2. The van der Waals surface area contributed by atoms with Crippen molar-refractivity contribution in [3.05, 3.63) is 16.1 Å². The minimum atomic E-state index is -1.21. The molecular weight excluding hydrogens is 199 g/mol. The molecule has 1 aromatic rings. The van der Waals surface area contributed by atoms with E-state index in [9.17, 15) is 4.39 Å². The van der Waals surface area contributed by atoms with E-state index < -0.39 is 5.67 Å². The van der Waals surface area contributed by atoms with E-state index >= 15 is 0 Å². The first-order valence-electron chi connectivity index (χ1n) is 4.97. The number of rotatable bonds is 1.